The topological polar surface area (TPSA) is 37.3 Å². The molecule has 1 fully saturated rings. The molecule has 1 aliphatic rings. The predicted molar refractivity (Wildman–Crippen MR) is 53.6 cm³/mol. The maximum Gasteiger partial charge on any atom is 0.254 e. The van der Waals surface area contributed by atoms with E-state index >= 15 is 0 Å². The Bertz CT molecular complexity index is 439. The van der Waals surface area contributed by atoms with E-state index in [1.807, 2.05) is 5.43 Å². The molecule has 92 valence electrons. The number of nitrogens with zero attached hydrogens (tertiary/aromatic N) is 2. The average Bonchev–Trinajstić information content (AvgIpc) is 2.79. The lowest BCUT2D eigenvalue weighted by molar-refractivity contribution is 0.411. The Hall–Kier alpha value is -1.66. The molecule has 1 aliphatic carbocycles. The largest absolute Gasteiger partial charge is 0.272 e. The molecule has 1 heterocycles. The maximum absolute atomic E-state index is 13.1. The first-order chi connectivity index (χ1) is 8.09. The van der Waals surface area contributed by atoms with Crippen molar-refractivity contribution in [2.75, 3.05) is 5.43 Å². The summed E-state index contributed by atoms with van der Waals surface area (Å²) < 4.78 is 51.8. The van der Waals surface area contributed by atoms with Crippen LogP contribution < -0.4 is 5.43 Å². The Kier molecular flexibility index (Phi) is 3.26. The Balaban J connectivity index is 2.28. The second-order valence-electron chi connectivity index (χ2n) is 3.69. The molecule has 3 nitrogen and oxygen atoms in total. The van der Waals surface area contributed by atoms with E-state index in [0.29, 0.717) is 12.8 Å². The number of rotatable bonds is 2. The van der Waals surface area contributed by atoms with Crippen LogP contribution in [0.5, 0.6) is 0 Å². The van der Waals surface area contributed by atoms with Gasteiger partial charge in [-0.15, -0.1) is 0 Å². The van der Waals surface area contributed by atoms with E-state index < -0.39 is 29.2 Å². The lowest BCUT2D eigenvalue weighted by atomic mass is 10.3. The molecule has 7 heteroatoms. The third kappa shape index (κ3) is 2.37. The van der Waals surface area contributed by atoms with E-state index in [9.17, 15) is 17.6 Å². The zero-order valence-corrected chi connectivity index (χ0v) is 8.73. The van der Waals surface area contributed by atoms with Crippen LogP contribution in [0.2, 0.25) is 0 Å². The Morgan fingerprint density at radius 1 is 0.941 bits per heavy atom. The molecular formula is C10H9F4N3. The molecule has 1 aromatic rings. The van der Waals surface area contributed by atoms with Gasteiger partial charge in [-0.1, -0.05) is 0 Å². The number of aromatic nitrogens is 1. The highest BCUT2D eigenvalue weighted by Gasteiger charge is 2.20. The quantitative estimate of drug-likeness (QED) is 0.495. The molecule has 0 saturated heterocycles. The van der Waals surface area contributed by atoms with Crippen molar-refractivity contribution in [1.29, 1.82) is 0 Å². The molecule has 1 aromatic heterocycles. The molecule has 0 unspecified atom stereocenters. The van der Waals surface area contributed by atoms with Crippen LogP contribution in [0, 0.1) is 23.5 Å². The first-order valence-electron chi connectivity index (χ1n) is 5.11. The van der Waals surface area contributed by atoms with Crippen molar-refractivity contribution in [3.05, 3.63) is 23.5 Å². The fourth-order valence-corrected chi connectivity index (χ4v) is 1.62. The van der Waals surface area contributed by atoms with Crippen LogP contribution in [0.25, 0.3) is 0 Å². The van der Waals surface area contributed by atoms with E-state index in [1.165, 1.54) is 0 Å². The van der Waals surface area contributed by atoms with Crippen molar-refractivity contribution < 1.29 is 17.6 Å². The third-order valence-electron chi connectivity index (χ3n) is 2.50. The van der Waals surface area contributed by atoms with Gasteiger partial charge in [-0.3, -0.25) is 5.43 Å². The first-order valence-corrected chi connectivity index (χ1v) is 5.11. The number of anilines is 1. The van der Waals surface area contributed by atoms with Gasteiger partial charge in [0.2, 0.25) is 11.6 Å². The fraction of sp³-hybridized carbons (Fsp3) is 0.400. The molecule has 0 aliphatic heterocycles. The van der Waals surface area contributed by atoms with Crippen molar-refractivity contribution in [3.8, 4) is 0 Å². The lowest BCUT2D eigenvalue weighted by Gasteiger charge is -2.05. The van der Waals surface area contributed by atoms with Gasteiger partial charge in [-0.05, 0) is 25.7 Å². The smallest absolute Gasteiger partial charge is 0.254 e. The second kappa shape index (κ2) is 4.68. The molecule has 17 heavy (non-hydrogen) atoms. The summed E-state index contributed by atoms with van der Waals surface area (Å²) in [6, 6.07) is 0. The van der Waals surface area contributed by atoms with Crippen LogP contribution in [0.3, 0.4) is 0 Å². The number of hydrogen-bond acceptors (Lipinski definition) is 3. The number of hydrazone groups is 1. The van der Waals surface area contributed by atoms with Crippen LogP contribution in [0.15, 0.2) is 5.10 Å². The fourth-order valence-electron chi connectivity index (χ4n) is 1.62. The predicted octanol–water partition coefficient (Wildman–Crippen LogP) is 2.98. The molecule has 1 N–H and O–H groups in total. The number of pyridine rings is 1. The van der Waals surface area contributed by atoms with Crippen molar-refractivity contribution in [3.63, 3.8) is 0 Å². The SMILES string of the molecule is Fc1nc(F)c(F)c(NN=C2CCCC2)c1F. The van der Waals surface area contributed by atoms with E-state index in [-0.39, 0.29) is 0 Å². The second-order valence-corrected chi connectivity index (χ2v) is 3.69. The van der Waals surface area contributed by atoms with Crippen molar-refractivity contribution in [2.45, 2.75) is 25.7 Å². The Labute approximate surface area is 94.5 Å². The van der Waals surface area contributed by atoms with Crippen molar-refractivity contribution in [2.24, 2.45) is 5.10 Å². The number of nitrogens with one attached hydrogen (secondary N) is 1. The van der Waals surface area contributed by atoms with Crippen LogP contribution in [0.1, 0.15) is 25.7 Å². The summed E-state index contributed by atoms with van der Waals surface area (Å²) in [4.78, 5) is 2.44. The minimum atomic E-state index is -1.70. The van der Waals surface area contributed by atoms with Gasteiger partial charge in [0.1, 0.15) is 5.69 Å². The van der Waals surface area contributed by atoms with Crippen LogP contribution >= 0.6 is 0 Å². The molecular weight excluding hydrogens is 238 g/mol. The van der Waals surface area contributed by atoms with Gasteiger partial charge in [0.05, 0.1) is 0 Å². The minimum Gasteiger partial charge on any atom is -0.272 e. The summed E-state index contributed by atoms with van der Waals surface area (Å²) in [6.07, 6.45) is 3.33. The summed E-state index contributed by atoms with van der Waals surface area (Å²) >= 11 is 0. The first kappa shape index (κ1) is 11.8. The third-order valence-corrected chi connectivity index (χ3v) is 2.50. The standard InChI is InChI=1S/C10H9F4N3/c11-6-8(7(12)10(14)15-9(6)13)17-16-5-3-1-2-4-5/h1-4H2,(H,15,17). The van der Waals surface area contributed by atoms with Gasteiger partial charge in [-0.25, -0.2) is 0 Å². The molecule has 0 spiro atoms. The van der Waals surface area contributed by atoms with E-state index in [0.717, 1.165) is 18.6 Å². The molecule has 0 radical (unpaired) electrons. The zero-order chi connectivity index (χ0) is 12.4. The van der Waals surface area contributed by atoms with Crippen LogP contribution in [0.4, 0.5) is 23.2 Å². The van der Waals surface area contributed by atoms with Crippen molar-refractivity contribution in [1.82, 2.24) is 4.98 Å². The van der Waals surface area contributed by atoms with Crippen LogP contribution in [-0.4, -0.2) is 10.7 Å². The lowest BCUT2D eigenvalue weighted by Crippen LogP contribution is -2.07. The highest BCUT2D eigenvalue weighted by atomic mass is 19.2. The zero-order valence-electron chi connectivity index (χ0n) is 8.73. The monoisotopic (exact) mass is 247 g/mol. The summed E-state index contributed by atoms with van der Waals surface area (Å²) in [7, 11) is 0. The summed E-state index contributed by atoms with van der Waals surface area (Å²) in [5.41, 5.74) is 1.80. The molecule has 0 atom stereocenters. The summed E-state index contributed by atoms with van der Waals surface area (Å²) in [5, 5.41) is 3.72. The highest BCUT2D eigenvalue weighted by molar-refractivity contribution is 5.86. The van der Waals surface area contributed by atoms with E-state index in [1.54, 1.807) is 0 Å². The van der Waals surface area contributed by atoms with Gasteiger partial charge < -0.3 is 0 Å². The van der Waals surface area contributed by atoms with Gasteiger partial charge in [-0.2, -0.15) is 27.6 Å². The molecule has 0 aromatic carbocycles. The molecule has 0 amide bonds. The Morgan fingerprint density at radius 3 is 2.00 bits per heavy atom. The normalized spacial score (nSPS) is 15.2. The summed E-state index contributed by atoms with van der Waals surface area (Å²) in [6.45, 7) is 0. The van der Waals surface area contributed by atoms with Gasteiger partial charge >= 0.3 is 0 Å². The highest BCUT2D eigenvalue weighted by Crippen LogP contribution is 2.23. The van der Waals surface area contributed by atoms with Gasteiger partial charge in [0.15, 0.2) is 0 Å². The molecule has 2 rings (SSSR count). The maximum atomic E-state index is 13.1. The van der Waals surface area contributed by atoms with Gasteiger partial charge in [0, 0.05) is 5.71 Å². The van der Waals surface area contributed by atoms with E-state index in [2.05, 4.69) is 10.1 Å². The van der Waals surface area contributed by atoms with Crippen molar-refractivity contribution >= 4 is 11.4 Å². The molecule has 0 bridgehead atoms. The molecule has 1 saturated carbocycles. The van der Waals surface area contributed by atoms with E-state index in [4.69, 9.17) is 0 Å². The number of hydrogen-bond donors (Lipinski definition) is 1. The Morgan fingerprint density at radius 2 is 1.47 bits per heavy atom. The van der Waals surface area contributed by atoms with Gasteiger partial charge in [0.25, 0.3) is 11.9 Å². The minimum absolute atomic E-state index is 0.715. The number of halogens is 4. The average molecular weight is 247 g/mol. The van der Waals surface area contributed by atoms with Crippen LogP contribution in [-0.2, 0) is 0 Å². The summed E-state index contributed by atoms with van der Waals surface area (Å²) in [5.74, 6) is -6.55.